The Labute approximate surface area is 177 Å². The Morgan fingerprint density at radius 3 is 2.33 bits per heavy atom. The maximum Gasteiger partial charge on any atom is 0.416 e. The molecule has 4 rings (SSSR count). The zero-order valence-corrected chi connectivity index (χ0v) is 16.9. The first-order chi connectivity index (χ1) is 14.3. The Kier molecular flexibility index (Phi) is 5.26. The lowest BCUT2D eigenvalue weighted by atomic mass is 10.1. The second-order valence-electron chi connectivity index (χ2n) is 6.44. The van der Waals surface area contributed by atoms with Gasteiger partial charge in [0.25, 0.3) is 5.56 Å². The van der Waals surface area contributed by atoms with Gasteiger partial charge in [0.2, 0.25) is 0 Å². The minimum Gasteiger partial charge on any atom is -0.267 e. The van der Waals surface area contributed by atoms with Crippen LogP contribution in [-0.4, -0.2) is 15.9 Å². The lowest BCUT2D eigenvalue weighted by Crippen LogP contribution is -2.20. The van der Waals surface area contributed by atoms with Crippen LogP contribution in [0.15, 0.2) is 87.2 Å². The third-order valence-corrected chi connectivity index (χ3v) is 4.89. The highest BCUT2D eigenvalue weighted by Crippen LogP contribution is 2.29. The molecule has 0 atom stereocenters. The lowest BCUT2D eigenvalue weighted by Gasteiger charge is -2.10. The van der Waals surface area contributed by atoms with Gasteiger partial charge in [-0.2, -0.15) is 22.9 Å². The highest BCUT2D eigenvalue weighted by atomic mass is 79.9. The van der Waals surface area contributed by atoms with Gasteiger partial charge < -0.3 is 0 Å². The van der Waals surface area contributed by atoms with Gasteiger partial charge in [-0.25, -0.2) is 4.98 Å². The molecule has 0 radical (unpaired) electrons. The Bertz CT molecular complexity index is 1300. The highest BCUT2D eigenvalue weighted by Gasteiger charge is 2.29. The predicted molar refractivity (Wildman–Crippen MR) is 114 cm³/mol. The smallest absolute Gasteiger partial charge is 0.267 e. The zero-order valence-electron chi connectivity index (χ0n) is 15.3. The highest BCUT2D eigenvalue weighted by molar-refractivity contribution is 9.10. The molecular weight excluding hydrogens is 459 g/mol. The van der Waals surface area contributed by atoms with Crippen LogP contribution in [0.4, 0.5) is 13.2 Å². The van der Waals surface area contributed by atoms with E-state index in [9.17, 15) is 18.0 Å². The largest absolute Gasteiger partial charge is 0.416 e. The van der Waals surface area contributed by atoms with Crippen LogP contribution in [0.1, 0.15) is 11.1 Å². The molecular formula is C22H13BrF3N3O. The zero-order chi connectivity index (χ0) is 21.3. The molecule has 30 heavy (non-hydrogen) atoms. The summed E-state index contributed by atoms with van der Waals surface area (Å²) in [5, 5.41) is 4.61. The molecule has 4 aromatic rings. The third-order valence-electron chi connectivity index (χ3n) is 4.40. The van der Waals surface area contributed by atoms with Gasteiger partial charge in [-0.3, -0.25) is 4.79 Å². The molecule has 0 N–H and O–H groups in total. The van der Waals surface area contributed by atoms with E-state index in [0.717, 1.165) is 21.3 Å². The van der Waals surface area contributed by atoms with Crippen LogP contribution in [0.2, 0.25) is 0 Å². The Morgan fingerprint density at radius 2 is 1.67 bits per heavy atom. The fourth-order valence-corrected chi connectivity index (χ4v) is 3.27. The maximum absolute atomic E-state index is 13.1. The van der Waals surface area contributed by atoms with E-state index in [0.29, 0.717) is 27.9 Å². The van der Waals surface area contributed by atoms with E-state index >= 15 is 0 Å². The van der Waals surface area contributed by atoms with E-state index in [1.165, 1.54) is 18.3 Å². The van der Waals surface area contributed by atoms with E-state index < -0.39 is 11.7 Å². The Hall–Kier alpha value is -3.26. The van der Waals surface area contributed by atoms with E-state index in [1.807, 2.05) is 18.2 Å². The normalized spacial score (nSPS) is 12.0. The van der Waals surface area contributed by atoms with Crippen LogP contribution in [0.25, 0.3) is 22.3 Å². The van der Waals surface area contributed by atoms with E-state index in [-0.39, 0.29) is 5.56 Å². The second-order valence-corrected chi connectivity index (χ2v) is 7.36. The number of aromatic nitrogens is 2. The molecule has 0 unspecified atom stereocenters. The van der Waals surface area contributed by atoms with Crippen molar-refractivity contribution < 1.29 is 13.2 Å². The molecule has 0 saturated carbocycles. The number of hydrogen-bond acceptors (Lipinski definition) is 3. The first-order valence-corrected chi connectivity index (χ1v) is 9.61. The van der Waals surface area contributed by atoms with Gasteiger partial charge in [-0.15, -0.1) is 0 Å². The van der Waals surface area contributed by atoms with Crippen molar-refractivity contribution in [2.45, 2.75) is 6.18 Å². The first kappa shape index (κ1) is 20.0. The fourth-order valence-electron chi connectivity index (χ4n) is 2.91. The van der Waals surface area contributed by atoms with Crippen molar-refractivity contribution in [3.63, 3.8) is 0 Å². The molecule has 0 aliphatic rings. The summed E-state index contributed by atoms with van der Waals surface area (Å²) >= 11 is 3.35. The summed E-state index contributed by atoms with van der Waals surface area (Å²) in [5.74, 6) is 0.332. The van der Waals surface area contributed by atoms with Crippen LogP contribution in [-0.2, 0) is 6.18 Å². The number of alkyl halides is 3. The number of rotatable bonds is 3. The molecule has 0 spiro atoms. The summed E-state index contributed by atoms with van der Waals surface area (Å²) in [5.41, 5.74) is 0.484. The van der Waals surface area contributed by atoms with Crippen molar-refractivity contribution in [2.24, 2.45) is 5.10 Å². The summed E-state index contributed by atoms with van der Waals surface area (Å²) in [6.45, 7) is 0. The molecule has 8 heteroatoms. The predicted octanol–water partition coefficient (Wildman–Crippen LogP) is 5.73. The average Bonchev–Trinajstić information content (AvgIpc) is 2.73. The SMILES string of the molecule is O=c1c2cc(Br)ccc2nc(-c2ccccc2)n1/N=C/c1ccc(C(F)(F)F)cc1. The molecule has 150 valence electrons. The maximum atomic E-state index is 13.1. The quantitative estimate of drug-likeness (QED) is 0.358. The summed E-state index contributed by atoms with van der Waals surface area (Å²) in [6, 6.07) is 18.8. The summed E-state index contributed by atoms with van der Waals surface area (Å²) in [4.78, 5) is 17.7. The molecule has 0 bridgehead atoms. The topological polar surface area (TPSA) is 47.2 Å². The number of benzene rings is 3. The van der Waals surface area contributed by atoms with Crippen LogP contribution < -0.4 is 5.56 Å². The Morgan fingerprint density at radius 1 is 0.967 bits per heavy atom. The first-order valence-electron chi connectivity index (χ1n) is 8.82. The summed E-state index contributed by atoms with van der Waals surface area (Å²) < 4.78 is 40.1. The van der Waals surface area contributed by atoms with Crippen molar-refractivity contribution in [2.75, 3.05) is 0 Å². The number of nitrogens with zero attached hydrogens (tertiary/aromatic N) is 3. The molecule has 0 fully saturated rings. The second kappa shape index (κ2) is 7.87. The van der Waals surface area contributed by atoms with E-state index in [4.69, 9.17) is 0 Å². The van der Waals surface area contributed by atoms with Gasteiger partial charge in [0.15, 0.2) is 5.82 Å². The van der Waals surface area contributed by atoms with E-state index in [1.54, 1.807) is 30.3 Å². The number of halogens is 4. The monoisotopic (exact) mass is 471 g/mol. The van der Waals surface area contributed by atoms with Gasteiger partial charge in [0.1, 0.15) is 0 Å². The van der Waals surface area contributed by atoms with Crippen LogP contribution >= 0.6 is 15.9 Å². The standard InChI is InChI=1S/C22H13BrF3N3O/c23-17-10-11-19-18(12-17)21(30)29(20(28-19)15-4-2-1-3-5-15)27-13-14-6-8-16(9-7-14)22(24,25)26/h1-13H/b27-13+. The molecule has 1 heterocycles. The van der Waals surface area contributed by atoms with Crippen LogP contribution in [0.3, 0.4) is 0 Å². The molecule has 0 aliphatic carbocycles. The van der Waals surface area contributed by atoms with Gasteiger partial charge in [-0.05, 0) is 35.9 Å². The van der Waals surface area contributed by atoms with Crippen molar-refractivity contribution in [1.29, 1.82) is 0 Å². The Balaban J connectivity index is 1.85. The molecule has 0 saturated heterocycles. The molecule has 1 aromatic heterocycles. The van der Waals surface area contributed by atoms with Crippen molar-refractivity contribution in [1.82, 2.24) is 9.66 Å². The minimum atomic E-state index is -4.41. The lowest BCUT2D eigenvalue weighted by molar-refractivity contribution is -0.137. The molecule has 0 aliphatic heterocycles. The van der Waals surface area contributed by atoms with Crippen molar-refractivity contribution in [3.8, 4) is 11.4 Å². The minimum absolute atomic E-state index is 0.332. The summed E-state index contributed by atoms with van der Waals surface area (Å²) in [7, 11) is 0. The average molecular weight is 472 g/mol. The third kappa shape index (κ3) is 4.04. The summed E-state index contributed by atoms with van der Waals surface area (Å²) in [6.07, 6.45) is -3.08. The molecule has 4 nitrogen and oxygen atoms in total. The van der Waals surface area contributed by atoms with Gasteiger partial charge in [0.05, 0.1) is 22.7 Å². The van der Waals surface area contributed by atoms with Gasteiger partial charge >= 0.3 is 6.18 Å². The van der Waals surface area contributed by atoms with Gasteiger partial charge in [0, 0.05) is 10.0 Å². The number of hydrogen-bond donors (Lipinski definition) is 0. The molecule has 0 amide bonds. The van der Waals surface area contributed by atoms with Crippen LogP contribution in [0, 0.1) is 0 Å². The molecule has 3 aromatic carbocycles. The van der Waals surface area contributed by atoms with Crippen LogP contribution in [0.5, 0.6) is 0 Å². The van der Waals surface area contributed by atoms with Crippen molar-refractivity contribution >= 4 is 33.0 Å². The van der Waals surface area contributed by atoms with Crippen molar-refractivity contribution in [3.05, 3.63) is 98.7 Å². The fraction of sp³-hybridized carbons (Fsp3) is 0.0455. The number of fused-ring (bicyclic) bond motifs is 1. The van der Waals surface area contributed by atoms with Gasteiger partial charge in [-0.1, -0.05) is 58.4 Å². The van der Waals surface area contributed by atoms with E-state index in [2.05, 4.69) is 26.0 Å².